The molecular weight excluding hydrogens is 464 g/mol. The summed E-state index contributed by atoms with van der Waals surface area (Å²) in [6.07, 6.45) is 8.75. The molecule has 0 radical (unpaired) electrons. The number of hydrogen-bond acceptors (Lipinski definition) is 5. The van der Waals surface area contributed by atoms with Crippen LogP contribution in [0.5, 0.6) is 0 Å². The maximum absolute atomic E-state index is 12.0. The van der Waals surface area contributed by atoms with Gasteiger partial charge in [-0.1, -0.05) is 55.4 Å². The summed E-state index contributed by atoms with van der Waals surface area (Å²) in [6, 6.07) is 0. The zero-order chi connectivity index (χ0) is 27.0. The molecule has 13 atom stereocenters. The third-order valence-electron chi connectivity index (χ3n) is 14.7. The van der Waals surface area contributed by atoms with E-state index in [1.165, 1.54) is 32.6 Å². The van der Waals surface area contributed by atoms with E-state index in [1.807, 2.05) is 0 Å². The molecule has 5 saturated carbocycles. The molecule has 1 heterocycles. The third-order valence-corrected chi connectivity index (χ3v) is 14.7. The summed E-state index contributed by atoms with van der Waals surface area (Å²) in [7, 11) is 0. The predicted molar refractivity (Wildman–Crippen MR) is 143 cm³/mol. The molecule has 0 aromatic carbocycles. The van der Waals surface area contributed by atoms with Crippen LogP contribution in [0.2, 0.25) is 0 Å². The van der Waals surface area contributed by atoms with Crippen LogP contribution in [0.1, 0.15) is 114 Å². The minimum Gasteiger partial charge on any atom is -0.462 e. The van der Waals surface area contributed by atoms with Crippen molar-refractivity contribution >= 4 is 5.97 Å². The standard InChI is InChI=1S/C32H52O5/c1-18-10-13-28(6)16-17-31(9)30(8)15-11-21-27(4,5)22(35-20(3)33)12-14-29(21,7)25(30)23(37-34)26-32(31,36-26)24(28)19(18)2/h18-19,21-26,34H,10-17H2,1-9H3/t18-,19+,21?,22?,23-,24?,25?,26?,28-,29+,30-,31+,32?/m1/s1. The highest BCUT2D eigenvalue weighted by molar-refractivity contribution is 5.66. The van der Waals surface area contributed by atoms with Crippen molar-refractivity contribution in [3.8, 4) is 0 Å². The summed E-state index contributed by atoms with van der Waals surface area (Å²) >= 11 is 0. The molecule has 0 bridgehead atoms. The van der Waals surface area contributed by atoms with Gasteiger partial charge >= 0.3 is 5.97 Å². The molecule has 1 aliphatic heterocycles. The molecule has 210 valence electrons. The van der Waals surface area contributed by atoms with E-state index in [2.05, 4.69) is 55.4 Å². The van der Waals surface area contributed by atoms with Crippen molar-refractivity contribution in [3.63, 3.8) is 0 Å². The quantitative estimate of drug-likeness (QED) is 0.181. The van der Waals surface area contributed by atoms with Crippen LogP contribution in [0, 0.1) is 56.7 Å². The van der Waals surface area contributed by atoms with Crippen LogP contribution in [-0.2, 0) is 19.2 Å². The van der Waals surface area contributed by atoms with Crippen molar-refractivity contribution in [1.29, 1.82) is 0 Å². The summed E-state index contributed by atoms with van der Waals surface area (Å²) in [4.78, 5) is 17.6. The average Bonchev–Trinajstić information content (AvgIpc) is 3.54. The lowest BCUT2D eigenvalue weighted by Gasteiger charge is -2.73. The van der Waals surface area contributed by atoms with Crippen LogP contribution in [0.25, 0.3) is 0 Å². The Kier molecular flexibility index (Phi) is 5.57. The van der Waals surface area contributed by atoms with Crippen molar-refractivity contribution in [2.45, 2.75) is 138 Å². The average molecular weight is 517 g/mol. The normalized spacial score (nSPS) is 59.6. The van der Waals surface area contributed by atoms with E-state index in [0.717, 1.165) is 25.7 Å². The summed E-state index contributed by atoms with van der Waals surface area (Å²) in [5, 5.41) is 10.6. The zero-order valence-electron chi connectivity index (χ0n) is 24.9. The molecule has 1 spiro atoms. The summed E-state index contributed by atoms with van der Waals surface area (Å²) in [6.45, 7) is 21.2. The maximum atomic E-state index is 12.0. The minimum absolute atomic E-state index is 0.00469. The predicted octanol–water partition coefficient (Wildman–Crippen LogP) is 7.27. The van der Waals surface area contributed by atoms with E-state index in [4.69, 9.17) is 14.4 Å². The Morgan fingerprint density at radius 1 is 0.892 bits per heavy atom. The maximum Gasteiger partial charge on any atom is 0.302 e. The number of carbonyl (C=O) groups excluding carboxylic acids is 1. The molecule has 37 heavy (non-hydrogen) atoms. The second-order valence-electron chi connectivity index (χ2n) is 16.2. The Bertz CT molecular complexity index is 978. The fraction of sp³-hybridized carbons (Fsp3) is 0.969. The monoisotopic (exact) mass is 516 g/mol. The van der Waals surface area contributed by atoms with Gasteiger partial charge in [-0.2, -0.15) is 0 Å². The summed E-state index contributed by atoms with van der Waals surface area (Å²) < 4.78 is 13.0. The van der Waals surface area contributed by atoms with Crippen LogP contribution in [0.15, 0.2) is 0 Å². The number of esters is 1. The van der Waals surface area contributed by atoms with Crippen molar-refractivity contribution in [2.75, 3.05) is 0 Å². The Labute approximate surface area is 224 Å². The Morgan fingerprint density at radius 3 is 2.24 bits per heavy atom. The van der Waals surface area contributed by atoms with E-state index in [9.17, 15) is 10.1 Å². The highest BCUT2D eigenvalue weighted by Gasteiger charge is 2.87. The molecule has 5 heteroatoms. The number of ether oxygens (including phenoxy) is 2. The molecule has 6 unspecified atom stereocenters. The third kappa shape index (κ3) is 2.95. The van der Waals surface area contributed by atoms with E-state index in [-0.39, 0.29) is 57.5 Å². The van der Waals surface area contributed by atoms with Crippen molar-refractivity contribution in [2.24, 2.45) is 56.7 Å². The van der Waals surface area contributed by atoms with E-state index >= 15 is 0 Å². The van der Waals surface area contributed by atoms with Gasteiger partial charge in [-0.15, -0.1) is 0 Å². The number of carbonyl (C=O) groups is 1. The van der Waals surface area contributed by atoms with Gasteiger partial charge in [-0.05, 0) is 91.3 Å². The van der Waals surface area contributed by atoms with Gasteiger partial charge in [0.2, 0.25) is 0 Å². The van der Waals surface area contributed by atoms with Crippen LogP contribution < -0.4 is 0 Å². The van der Waals surface area contributed by atoms with Crippen molar-refractivity contribution in [3.05, 3.63) is 0 Å². The molecule has 1 saturated heterocycles. The van der Waals surface area contributed by atoms with Gasteiger partial charge in [0.05, 0.1) is 0 Å². The molecule has 0 aromatic rings. The Balaban J connectivity index is 1.45. The van der Waals surface area contributed by atoms with E-state index in [0.29, 0.717) is 29.1 Å². The minimum atomic E-state index is -0.307. The van der Waals surface area contributed by atoms with Gasteiger partial charge in [0.1, 0.15) is 23.9 Å². The molecule has 6 rings (SSSR count). The largest absolute Gasteiger partial charge is 0.462 e. The highest BCUT2D eigenvalue weighted by atomic mass is 17.1. The molecule has 5 aliphatic carbocycles. The number of fused-ring (bicyclic) bond motifs is 5. The molecule has 0 aromatic heterocycles. The molecule has 0 amide bonds. The first kappa shape index (κ1) is 26.6. The SMILES string of the molecule is CC(=O)OC1CC[C@@]2(C)C(CC[C@]3(C)C2[C@@H](OO)C2OC24C2[C@@H](C)[C@H](C)CC[C@]2(C)CC[C@]43C)C1(C)C. The number of hydrogen-bond donors (Lipinski definition) is 1. The van der Waals surface area contributed by atoms with E-state index < -0.39 is 0 Å². The van der Waals surface area contributed by atoms with Crippen molar-refractivity contribution in [1.82, 2.24) is 0 Å². The highest BCUT2D eigenvalue weighted by Crippen LogP contribution is 2.83. The summed E-state index contributed by atoms with van der Waals surface area (Å²) in [5.74, 6) is 2.22. The second kappa shape index (κ2) is 7.75. The van der Waals surface area contributed by atoms with Crippen LogP contribution in [0.3, 0.4) is 0 Å². The number of rotatable bonds is 2. The van der Waals surface area contributed by atoms with Gasteiger partial charge in [0.25, 0.3) is 0 Å². The number of epoxide rings is 1. The van der Waals surface area contributed by atoms with Crippen LogP contribution in [0.4, 0.5) is 0 Å². The zero-order valence-corrected chi connectivity index (χ0v) is 24.9. The lowest BCUT2D eigenvalue weighted by atomic mass is 9.30. The summed E-state index contributed by atoms with van der Waals surface area (Å²) in [5.41, 5.74) is -0.00336. The lowest BCUT2D eigenvalue weighted by Crippen LogP contribution is -2.74. The smallest absolute Gasteiger partial charge is 0.302 e. The second-order valence-corrected chi connectivity index (χ2v) is 16.2. The van der Waals surface area contributed by atoms with Crippen LogP contribution in [-0.4, -0.2) is 35.1 Å². The van der Waals surface area contributed by atoms with Gasteiger partial charge in [-0.25, -0.2) is 4.89 Å². The molecule has 1 N–H and O–H groups in total. The molecule has 5 nitrogen and oxygen atoms in total. The van der Waals surface area contributed by atoms with Gasteiger partial charge in [-0.3, -0.25) is 10.1 Å². The van der Waals surface area contributed by atoms with Gasteiger partial charge < -0.3 is 9.47 Å². The fourth-order valence-corrected chi connectivity index (χ4v) is 12.6. The molecular formula is C32H52O5. The van der Waals surface area contributed by atoms with Crippen LogP contribution >= 0.6 is 0 Å². The first-order valence-electron chi connectivity index (χ1n) is 15.3. The van der Waals surface area contributed by atoms with Crippen molar-refractivity contribution < 1.29 is 24.4 Å². The topological polar surface area (TPSA) is 68.3 Å². The van der Waals surface area contributed by atoms with Gasteiger partial charge in [0.15, 0.2) is 0 Å². The van der Waals surface area contributed by atoms with Gasteiger partial charge in [0, 0.05) is 23.7 Å². The first-order valence-corrected chi connectivity index (χ1v) is 15.3. The fourth-order valence-electron chi connectivity index (χ4n) is 12.6. The Hall–Kier alpha value is -0.650. The molecule has 6 aliphatic rings. The Morgan fingerprint density at radius 2 is 1.59 bits per heavy atom. The molecule has 6 fully saturated rings. The first-order chi connectivity index (χ1) is 17.1. The lowest BCUT2D eigenvalue weighted by molar-refractivity contribution is -0.349. The van der Waals surface area contributed by atoms with E-state index in [1.54, 1.807) is 0 Å².